The molecule has 0 spiro atoms. The summed E-state index contributed by atoms with van der Waals surface area (Å²) >= 11 is 0. The van der Waals surface area contributed by atoms with Gasteiger partial charge in [-0.3, -0.25) is 14.5 Å². The lowest BCUT2D eigenvalue weighted by Crippen LogP contribution is -2.40. The van der Waals surface area contributed by atoms with E-state index >= 15 is 0 Å². The van der Waals surface area contributed by atoms with Gasteiger partial charge in [-0.2, -0.15) is 5.10 Å². The Kier molecular flexibility index (Phi) is 6.67. The van der Waals surface area contributed by atoms with Crippen molar-refractivity contribution < 1.29 is 9.53 Å². The Morgan fingerprint density at radius 1 is 1.12 bits per heavy atom. The van der Waals surface area contributed by atoms with Crippen LogP contribution in [0.3, 0.4) is 0 Å². The van der Waals surface area contributed by atoms with Crippen molar-refractivity contribution in [3.05, 3.63) is 77.9 Å². The van der Waals surface area contributed by atoms with E-state index in [-0.39, 0.29) is 12.0 Å². The van der Waals surface area contributed by atoms with Crippen LogP contribution in [-0.4, -0.2) is 57.9 Å². The van der Waals surface area contributed by atoms with Crippen LogP contribution in [0.1, 0.15) is 34.6 Å². The van der Waals surface area contributed by atoms with Gasteiger partial charge in [0, 0.05) is 31.4 Å². The number of piperidine rings is 1. The Labute approximate surface area is 194 Å². The number of likely N-dealkylation sites (tertiary alicyclic amines) is 1. The molecule has 2 aromatic heterocycles. The average molecular weight is 446 g/mol. The van der Waals surface area contributed by atoms with Crippen LogP contribution in [0.4, 0.5) is 0 Å². The normalized spacial score (nSPS) is 18.7. The fraction of sp³-hybridized carbons (Fsp3) is 0.423. The van der Waals surface area contributed by atoms with Gasteiger partial charge in [0.05, 0.1) is 12.7 Å². The second kappa shape index (κ2) is 10.2. The SMILES string of the molecule is O=C(NCCN1CCC(Cc2ccccc2)CC1)c1cc2n(n1)C[C@@H](Oc1cccnc1)C2. The molecular formula is C26H31N5O2. The topological polar surface area (TPSA) is 72.3 Å². The van der Waals surface area contributed by atoms with Crippen LogP contribution < -0.4 is 10.1 Å². The number of amides is 1. The molecule has 3 aromatic rings. The van der Waals surface area contributed by atoms with Crippen molar-refractivity contribution in [2.45, 2.75) is 38.3 Å². The number of nitrogens with zero attached hydrogens (tertiary/aromatic N) is 4. The molecule has 0 unspecified atom stereocenters. The van der Waals surface area contributed by atoms with Crippen LogP contribution in [0.5, 0.6) is 5.75 Å². The van der Waals surface area contributed by atoms with E-state index in [1.807, 2.05) is 22.9 Å². The highest BCUT2D eigenvalue weighted by atomic mass is 16.5. The molecule has 1 fully saturated rings. The van der Waals surface area contributed by atoms with Crippen molar-refractivity contribution in [2.24, 2.45) is 5.92 Å². The van der Waals surface area contributed by atoms with Crippen molar-refractivity contribution in [1.29, 1.82) is 0 Å². The number of benzene rings is 1. The van der Waals surface area contributed by atoms with Gasteiger partial charge >= 0.3 is 0 Å². The molecule has 1 aromatic carbocycles. The minimum Gasteiger partial charge on any atom is -0.486 e. The number of rotatable bonds is 8. The molecule has 0 radical (unpaired) electrons. The third-order valence-corrected chi connectivity index (χ3v) is 6.63. The number of hydrogen-bond acceptors (Lipinski definition) is 5. The van der Waals surface area contributed by atoms with Crippen molar-refractivity contribution in [3.63, 3.8) is 0 Å². The molecule has 172 valence electrons. The van der Waals surface area contributed by atoms with E-state index in [4.69, 9.17) is 4.74 Å². The van der Waals surface area contributed by atoms with Gasteiger partial charge in [-0.05, 0) is 62.0 Å². The first-order chi connectivity index (χ1) is 16.2. The molecule has 0 saturated carbocycles. The molecule has 0 aliphatic carbocycles. The Balaban J connectivity index is 1.02. The number of nitrogens with one attached hydrogen (secondary N) is 1. The van der Waals surface area contributed by atoms with Crippen LogP contribution in [0.2, 0.25) is 0 Å². The monoisotopic (exact) mass is 445 g/mol. The zero-order chi connectivity index (χ0) is 22.5. The van der Waals surface area contributed by atoms with Gasteiger partial charge in [0.2, 0.25) is 0 Å². The molecule has 1 amide bonds. The number of hydrogen-bond donors (Lipinski definition) is 1. The first kappa shape index (κ1) is 21.6. The molecular weight excluding hydrogens is 414 g/mol. The van der Waals surface area contributed by atoms with Crippen molar-refractivity contribution in [1.82, 2.24) is 25.0 Å². The lowest BCUT2D eigenvalue weighted by atomic mass is 9.90. The summed E-state index contributed by atoms with van der Waals surface area (Å²) in [6.45, 7) is 4.39. The largest absolute Gasteiger partial charge is 0.486 e. The van der Waals surface area contributed by atoms with E-state index in [1.54, 1.807) is 12.4 Å². The summed E-state index contributed by atoms with van der Waals surface area (Å²) in [6.07, 6.45) is 7.82. The highest BCUT2D eigenvalue weighted by Gasteiger charge is 2.27. The fourth-order valence-electron chi connectivity index (χ4n) is 4.85. The molecule has 7 nitrogen and oxygen atoms in total. The summed E-state index contributed by atoms with van der Waals surface area (Å²) < 4.78 is 7.84. The van der Waals surface area contributed by atoms with Crippen LogP contribution in [-0.2, 0) is 19.4 Å². The highest BCUT2D eigenvalue weighted by Crippen LogP contribution is 2.22. The molecule has 0 bridgehead atoms. The van der Waals surface area contributed by atoms with Gasteiger partial charge < -0.3 is 15.0 Å². The minimum absolute atomic E-state index is 0.0265. The van der Waals surface area contributed by atoms with Crippen LogP contribution in [0, 0.1) is 5.92 Å². The predicted octanol–water partition coefficient (Wildman–Crippen LogP) is 2.97. The Morgan fingerprint density at radius 3 is 2.73 bits per heavy atom. The average Bonchev–Trinajstić information content (AvgIpc) is 3.40. The first-order valence-electron chi connectivity index (χ1n) is 11.9. The number of carbonyl (C=O) groups excluding carboxylic acids is 1. The van der Waals surface area contributed by atoms with Crippen molar-refractivity contribution in [3.8, 4) is 5.75 Å². The zero-order valence-electron chi connectivity index (χ0n) is 18.9. The first-order valence-corrected chi connectivity index (χ1v) is 11.9. The molecule has 2 aliphatic heterocycles. The third-order valence-electron chi connectivity index (χ3n) is 6.63. The number of ether oxygens (including phenoxy) is 1. The standard InChI is InChI=1S/C26H31N5O2/c32-26(25-17-22-16-24(19-31(22)29-25)33-23-7-4-10-27-18-23)28-11-14-30-12-8-21(9-13-30)15-20-5-2-1-3-6-20/h1-7,10,17-18,21,24H,8-9,11-16,19H2,(H,28,32)/t24-/m0/s1. The smallest absolute Gasteiger partial charge is 0.271 e. The van der Waals surface area contributed by atoms with E-state index in [0.717, 1.165) is 43.4 Å². The Hall–Kier alpha value is -3.19. The molecule has 1 N–H and O–H groups in total. The molecule has 5 rings (SSSR count). The number of aromatic nitrogens is 3. The summed E-state index contributed by atoms with van der Waals surface area (Å²) in [7, 11) is 0. The molecule has 1 saturated heterocycles. The van der Waals surface area contributed by atoms with Gasteiger partial charge in [0.25, 0.3) is 5.91 Å². The van der Waals surface area contributed by atoms with E-state index in [2.05, 4.69) is 50.6 Å². The fourth-order valence-corrected chi connectivity index (χ4v) is 4.85. The maximum Gasteiger partial charge on any atom is 0.271 e. The van der Waals surface area contributed by atoms with E-state index in [1.165, 1.54) is 24.8 Å². The number of fused-ring (bicyclic) bond motifs is 1. The summed E-state index contributed by atoms with van der Waals surface area (Å²) in [5, 5.41) is 7.53. The Bertz CT molecular complexity index is 1020. The van der Waals surface area contributed by atoms with Crippen LogP contribution >= 0.6 is 0 Å². The van der Waals surface area contributed by atoms with Crippen LogP contribution in [0.25, 0.3) is 0 Å². The van der Waals surface area contributed by atoms with Crippen molar-refractivity contribution in [2.75, 3.05) is 26.2 Å². The van der Waals surface area contributed by atoms with Gasteiger partial charge in [-0.25, -0.2) is 0 Å². The van der Waals surface area contributed by atoms with Gasteiger partial charge in [0.15, 0.2) is 0 Å². The molecule has 4 heterocycles. The summed E-state index contributed by atoms with van der Waals surface area (Å²) in [5.74, 6) is 1.42. The lowest BCUT2D eigenvalue weighted by molar-refractivity contribution is 0.0937. The molecule has 2 aliphatic rings. The third kappa shape index (κ3) is 5.60. The second-order valence-electron chi connectivity index (χ2n) is 9.07. The summed E-state index contributed by atoms with van der Waals surface area (Å²) in [6, 6.07) is 16.4. The van der Waals surface area contributed by atoms with Gasteiger partial charge in [-0.15, -0.1) is 0 Å². The summed E-state index contributed by atoms with van der Waals surface area (Å²) in [5.41, 5.74) is 2.96. The van der Waals surface area contributed by atoms with E-state index in [0.29, 0.717) is 18.8 Å². The lowest BCUT2D eigenvalue weighted by Gasteiger charge is -2.32. The highest BCUT2D eigenvalue weighted by molar-refractivity contribution is 5.92. The van der Waals surface area contributed by atoms with Crippen molar-refractivity contribution >= 4 is 5.91 Å². The zero-order valence-corrected chi connectivity index (χ0v) is 18.9. The number of pyridine rings is 1. The predicted molar refractivity (Wildman–Crippen MR) is 126 cm³/mol. The molecule has 7 heteroatoms. The molecule has 33 heavy (non-hydrogen) atoms. The minimum atomic E-state index is -0.0967. The maximum absolute atomic E-state index is 12.6. The Morgan fingerprint density at radius 2 is 1.97 bits per heavy atom. The molecule has 1 atom stereocenters. The summed E-state index contributed by atoms with van der Waals surface area (Å²) in [4.78, 5) is 19.1. The number of carbonyl (C=O) groups is 1. The van der Waals surface area contributed by atoms with E-state index < -0.39 is 0 Å². The van der Waals surface area contributed by atoms with Gasteiger partial charge in [-0.1, -0.05) is 30.3 Å². The van der Waals surface area contributed by atoms with E-state index in [9.17, 15) is 4.79 Å². The van der Waals surface area contributed by atoms with Gasteiger partial charge in [0.1, 0.15) is 17.5 Å². The second-order valence-corrected chi connectivity index (χ2v) is 9.07. The quantitative estimate of drug-likeness (QED) is 0.577. The van der Waals surface area contributed by atoms with Crippen LogP contribution in [0.15, 0.2) is 60.9 Å². The maximum atomic E-state index is 12.6.